The molecule has 37 heavy (non-hydrogen) atoms. The minimum Gasteiger partial charge on any atom is -0.490 e. The lowest BCUT2D eigenvalue weighted by Gasteiger charge is -2.13. The van der Waals surface area contributed by atoms with E-state index in [1.807, 2.05) is 42.5 Å². The lowest BCUT2D eigenvalue weighted by molar-refractivity contribution is -0.149. The van der Waals surface area contributed by atoms with E-state index >= 15 is 0 Å². The summed E-state index contributed by atoms with van der Waals surface area (Å²) in [6.07, 6.45) is 1.58. The van der Waals surface area contributed by atoms with Gasteiger partial charge in [-0.05, 0) is 65.4 Å². The first-order valence-corrected chi connectivity index (χ1v) is 12.5. The Morgan fingerprint density at radius 1 is 0.811 bits per heavy atom. The van der Waals surface area contributed by atoms with Crippen molar-refractivity contribution in [2.75, 3.05) is 13.2 Å². The topological polar surface area (TPSA) is 55.8 Å². The number of rotatable bonds is 11. The predicted octanol–water partition coefficient (Wildman–Crippen LogP) is 7.20. The van der Waals surface area contributed by atoms with Gasteiger partial charge in [-0.25, -0.2) is 4.79 Å². The predicted molar refractivity (Wildman–Crippen MR) is 149 cm³/mol. The molecule has 0 aromatic heterocycles. The molecule has 0 bridgehead atoms. The average molecular weight is 493 g/mol. The van der Waals surface area contributed by atoms with Gasteiger partial charge in [0.2, 0.25) is 0 Å². The van der Waals surface area contributed by atoms with E-state index in [0.29, 0.717) is 19.6 Å². The molecule has 0 aliphatic carbocycles. The molecule has 4 nitrogen and oxygen atoms in total. The molecule has 0 heterocycles. The first-order chi connectivity index (χ1) is 18.0. The Hall–Kier alpha value is -4.15. The summed E-state index contributed by atoms with van der Waals surface area (Å²) in [5, 5.41) is 9.31. The van der Waals surface area contributed by atoms with Gasteiger partial charge in [0.05, 0.1) is 0 Å². The van der Waals surface area contributed by atoms with E-state index in [-0.39, 0.29) is 0 Å². The first-order valence-electron chi connectivity index (χ1n) is 12.5. The second-order valence-corrected chi connectivity index (χ2v) is 8.87. The Balaban J connectivity index is 1.49. The number of benzene rings is 4. The highest BCUT2D eigenvalue weighted by Crippen LogP contribution is 2.27. The quantitative estimate of drug-likeness (QED) is 0.240. The van der Waals surface area contributed by atoms with Crippen molar-refractivity contribution in [2.45, 2.75) is 26.4 Å². The van der Waals surface area contributed by atoms with Gasteiger partial charge in [0.25, 0.3) is 0 Å². The van der Waals surface area contributed by atoms with Crippen LogP contribution in [0.4, 0.5) is 0 Å². The van der Waals surface area contributed by atoms with Gasteiger partial charge in [-0.1, -0.05) is 96.6 Å². The molecule has 4 rings (SSSR count). The van der Waals surface area contributed by atoms with Crippen LogP contribution >= 0.6 is 0 Å². The lowest BCUT2D eigenvalue weighted by atomic mass is 9.95. The maximum Gasteiger partial charge on any atom is 0.333 e. The highest BCUT2D eigenvalue weighted by molar-refractivity contribution is 5.81. The molecule has 0 spiro atoms. The number of carboxylic acid groups (broad SMARTS) is 1. The zero-order chi connectivity index (χ0) is 26.0. The number of hydrogen-bond acceptors (Lipinski definition) is 3. The van der Waals surface area contributed by atoms with Crippen molar-refractivity contribution in [3.63, 3.8) is 0 Å². The molecule has 0 saturated heterocycles. The standard InChI is InChI=1S/C33H32O4/c1-3-36-32(33(34)35)23-25-11-19-30(20-12-25)37-22-21-31(28-13-9-24(2)10-14-28)29-17-15-27(16-18-29)26-7-5-4-6-8-26/h4-21,32H,3,22-23H2,1-2H3,(H,34,35)/t32-/m0/s1. The van der Waals surface area contributed by atoms with Crippen LogP contribution in [-0.2, 0) is 16.0 Å². The minimum atomic E-state index is -0.951. The molecule has 0 amide bonds. The van der Waals surface area contributed by atoms with Crippen LogP contribution in [0.3, 0.4) is 0 Å². The van der Waals surface area contributed by atoms with Gasteiger partial charge in [0, 0.05) is 13.0 Å². The monoisotopic (exact) mass is 492 g/mol. The van der Waals surface area contributed by atoms with Gasteiger partial charge in [-0.2, -0.15) is 0 Å². The molecular formula is C33H32O4. The lowest BCUT2D eigenvalue weighted by Crippen LogP contribution is -2.26. The molecule has 4 aromatic rings. The highest BCUT2D eigenvalue weighted by atomic mass is 16.5. The number of ether oxygens (including phenoxy) is 2. The van der Waals surface area contributed by atoms with Gasteiger partial charge in [-0.15, -0.1) is 0 Å². The van der Waals surface area contributed by atoms with Crippen molar-refractivity contribution >= 4 is 11.5 Å². The second kappa shape index (κ2) is 12.7. The number of hydrogen-bond donors (Lipinski definition) is 1. The van der Waals surface area contributed by atoms with Crippen LogP contribution in [0.15, 0.2) is 109 Å². The largest absolute Gasteiger partial charge is 0.490 e. The third-order valence-electron chi connectivity index (χ3n) is 6.19. The molecule has 0 aliphatic rings. The number of carbonyl (C=O) groups is 1. The molecule has 0 fully saturated rings. The van der Waals surface area contributed by atoms with Crippen LogP contribution in [0.1, 0.15) is 29.2 Å². The summed E-state index contributed by atoms with van der Waals surface area (Å²) in [7, 11) is 0. The van der Waals surface area contributed by atoms with Crippen LogP contribution in [0, 0.1) is 6.92 Å². The summed E-state index contributed by atoms with van der Waals surface area (Å²) in [5.41, 5.74) is 7.84. The number of aryl methyl sites for hydroxylation is 1. The van der Waals surface area contributed by atoms with Crippen molar-refractivity contribution in [3.8, 4) is 16.9 Å². The molecule has 0 saturated carbocycles. The Morgan fingerprint density at radius 2 is 1.41 bits per heavy atom. The molecule has 1 atom stereocenters. The van der Waals surface area contributed by atoms with Crippen molar-refractivity contribution in [1.82, 2.24) is 0 Å². The van der Waals surface area contributed by atoms with Crippen molar-refractivity contribution in [2.24, 2.45) is 0 Å². The van der Waals surface area contributed by atoms with E-state index in [4.69, 9.17) is 9.47 Å². The summed E-state index contributed by atoms with van der Waals surface area (Å²) in [6, 6.07) is 35.0. The van der Waals surface area contributed by atoms with E-state index in [9.17, 15) is 9.90 Å². The maximum absolute atomic E-state index is 11.4. The van der Waals surface area contributed by atoms with Crippen LogP contribution in [0.25, 0.3) is 16.7 Å². The van der Waals surface area contributed by atoms with E-state index in [2.05, 4.69) is 73.7 Å². The van der Waals surface area contributed by atoms with Gasteiger partial charge < -0.3 is 14.6 Å². The van der Waals surface area contributed by atoms with E-state index in [1.165, 1.54) is 16.7 Å². The smallest absolute Gasteiger partial charge is 0.333 e. The molecule has 0 radical (unpaired) electrons. The van der Waals surface area contributed by atoms with Crippen LogP contribution < -0.4 is 4.74 Å². The third kappa shape index (κ3) is 7.18. The average Bonchev–Trinajstić information content (AvgIpc) is 2.93. The van der Waals surface area contributed by atoms with Crippen LogP contribution in [0.2, 0.25) is 0 Å². The maximum atomic E-state index is 11.4. The fourth-order valence-corrected chi connectivity index (χ4v) is 4.18. The first kappa shape index (κ1) is 25.9. The fraction of sp³-hybridized carbons (Fsp3) is 0.182. The summed E-state index contributed by atoms with van der Waals surface area (Å²) >= 11 is 0. The van der Waals surface area contributed by atoms with Gasteiger partial charge >= 0.3 is 5.97 Å². The van der Waals surface area contributed by atoms with Crippen molar-refractivity contribution in [3.05, 3.63) is 131 Å². The van der Waals surface area contributed by atoms with Crippen LogP contribution in [-0.4, -0.2) is 30.4 Å². The normalized spacial score (nSPS) is 12.2. The number of carboxylic acids is 1. The van der Waals surface area contributed by atoms with Crippen LogP contribution in [0.5, 0.6) is 5.75 Å². The zero-order valence-corrected chi connectivity index (χ0v) is 21.3. The molecular weight excluding hydrogens is 460 g/mol. The van der Waals surface area contributed by atoms with E-state index in [1.54, 1.807) is 6.92 Å². The number of aliphatic carboxylic acids is 1. The summed E-state index contributed by atoms with van der Waals surface area (Å²) in [6.45, 7) is 4.65. The Morgan fingerprint density at radius 3 is 2.00 bits per heavy atom. The Kier molecular flexibility index (Phi) is 8.90. The van der Waals surface area contributed by atoms with E-state index in [0.717, 1.165) is 28.0 Å². The molecule has 4 aromatic carbocycles. The molecule has 0 unspecified atom stereocenters. The summed E-state index contributed by atoms with van der Waals surface area (Å²) < 4.78 is 11.3. The summed E-state index contributed by atoms with van der Waals surface area (Å²) in [5.74, 6) is -0.223. The SMILES string of the molecule is CCO[C@@H](Cc1ccc(OCC=C(c2ccc(C)cc2)c2ccc(-c3ccccc3)cc2)cc1)C(=O)O. The molecule has 4 heteroatoms. The van der Waals surface area contributed by atoms with E-state index < -0.39 is 12.1 Å². The highest BCUT2D eigenvalue weighted by Gasteiger charge is 2.17. The van der Waals surface area contributed by atoms with Gasteiger partial charge in [0.15, 0.2) is 6.10 Å². The van der Waals surface area contributed by atoms with Crippen molar-refractivity contribution in [1.29, 1.82) is 0 Å². The fourth-order valence-electron chi connectivity index (χ4n) is 4.18. The molecule has 0 aliphatic heterocycles. The molecule has 1 N–H and O–H groups in total. The second-order valence-electron chi connectivity index (χ2n) is 8.87. The third-order valence-corrected chi connectivity index (χ3v) is 6.19. The summed E-state index contributed by atoms with van der Waals surface area (Å²) in [4.78, 5) is 11.4. The Labute approximate surface area is 218 Å². The van der Waals surface area contributed by atoms with Gasteiger partial charge in [0.1, 0.15) is 12.4 Å². The zero-order valence-electron chi connectivity index (χ0n) is 21.3. The van der Waals surface area contributed by atoms with Crippen molar-refractivity contribution < 1.29 is 19.4 Å². The Bertz CT molecular complexity index is 1310. The van der Waals surface area contributed by atoms with Gasteiger partial charge in [-0.3, -0.25) is 0 Å². The minimum absolute atomic E-state index is 0.319. The molecule has 188 valence electrons.